The van der Waals surface area contributed by atoms with Gasteiger partial charge in [0.25, 0.3) is 0 Å². The Balaban J connectivity index is 1.59. The van der Waals surface area contributed by atoms with Crippen molar-refractivity contribution in [2.75, 3.05) is 4.90 Å². The maximum atomic E-state index is 13.3. The number of fused-ring (bicyclic) bond motifs is 2. The summed E-state index contributed by atoms with van der Waals surface area (Å²) in [6.07, 6.45) is 0. The minimum Gasteiger partial charge on any atom is -0.308 e. The number of anilines is 3. The van der Waals surface area contributed by atoms with Crippen LogP contribution in [0, 0.1) is 0 Å². The zero-order valence-corrected chi connectivity index (χ0v) is 17.8. The summed E-state index contributed by atoms with van der Waals surface area (Å²) in [5.41, 5.74) is 2.31. The van der Waals surface area contributed by atoms with Crippen LogP contribution in [0.3, 0.4) is 0 Å². The first-order valence-corrected chi connectivity index (χ1v) is 12.0. The van der Waals surface area contributed by atoms with E-state index in [9.17, 15) is 8.42 Å². The van der Waals surface area contributed by atoms with Gasteiger partial charge in [0.1, 0.15) is 0 Å². The highest BCUT2D eigenvalue weighted by Crippen LogP contribution is 2.49. The zero-order valence-electron chi connectivity index (χ0n) is 17.0. The summed E-state index contributed by atoms with van der Waals surface area (Å²) in [5.74, 6) is 0. The molecule has 6 aromatic rings. The number of hydrogen-bond donors (Lipinski definition) is 0. The van der Waals surface area contributed by atoms with Gasteiger partial charge in [0.2, 0.25) is 9.84 Å². The van der Waals surface area contributed by atoms with Gasteiger partial charge in [0.05, 0.1) is 21.2 Å². The third-order valence-corrected chi connectivity index (χ3v) is 8.35. The van der Waals surface area contributed by atoms with E-state index in [1.165, 1.54) is 21.5 Å². The van der Waals surface area contributed by atoms with Crippen molar-refractivity contribution in [1.82, 2.24) is 0 Å². The van der Waals surface area contributed by atoms with Gasteiger partial charge in [-0.3, -0.25) is 0 Å². The van der Waals surface area contributed by atoms with Crippen LogP contribution in [0.4, 0.5) is 17.1 Å². The SMILES string of the molecule is O=S1(=O)c2ccccc2N(c2cc3ccc4cccc5ccc(c2)c3c45)c2ccccc21. The quantitative estimate of drug-likeness (QED) is 0.258. The molecule has 3 nitrogen and oxygen atoms in total. The predicted octanol–water partition coefficient (Wildman–Crippen LogP) is 7.20. The molecule has 1 aliphatic rings. The Morgan fingerprint density at radius 3 is 1.53 bits per heavy atom. The summed E-state index contributed by atoms with van der Waals surface area (Å²) >= 11 is 0. The van der Waals surface area contributed by atoms with Crippen LogP contribution < -0.4 is 4.90 Å². The molecule has 1 heterocycles. The van der Waals surface area contributed by atoms with Gasteiger partial charge in [-0.05, 0) is 68.7 Å². The van der Waals surface area contributed by atoms with E-state index >= 15 is 0 Å². The minimum absolute atomic E-state index is 0.337. The molecule has 0 bridgehead atoms. The normalized spacial score (nSPS) is 14.7. The van der Waals surface area contributed by atoms with E-state index in [-0.39, 0.29) is 0 Å². The zero-order chi connectivity index (χ0) is 21.4. The molecule has 0 radical (unpaired) electrons. The van der Waals surface area contributed by atoms with Crippen LogP contribution in [-0.4, -0.2) is 8.42 Å². The van der Waals surface area contributed by atoms with Gasteiger partial charge in [-0.25, -0.2) is 8.42 Å². The second-order valence-corrected chi connectivity index (χ2v) is 10.1. The van der Waals surface area contributed by atoms with Gasteiger partial charge in [-0.15, -0.1) is 0 Å². The number of hydrogen-bond acceptors (Lipinski definition) is 3. The van der Waals surface area contributed by atoms with E-state index < -0.39 is 9.84 Å². The Morgan fingerprint density at radius 1 is 0.500 bits per heavy atom. The fraction of sp³-hybridized carbons (Fsp3) is 0. The Hall–Kier alpha value is -3.89. The summed E-state index contributed by atoms with van der Waals surface area (Å²) in [7, 11) is -3.58. The largest absolute Gasteiger partial charge is 0.308 e. The lowest BCUT2D eigenvalue weighted by Gasteiger charge is -2.33. The van der Waals surface area contributed by atoms with Gasteiger partial charge in [-0.1, -0.05) is 66.7 Å². The molecule has 0 N–H and O–H groups in total. The number of sulfone groups is 1. The molecule has 4 heteroatoms. The molecule has 6 aromatic carbocycles. The lowest BCUT2D eigenvalue weighted by Crippen LogP contribution is -2.22. The molecule has 0 atom stereocenters. The van der Waals surface area contributed by atoms with Crippen molar-refractivity contribution in [1.29, 1.82) is 0 Å². The van der Waals surface area contributed by atoms with Crippen LogP contribution in [0.15, 0.2) is 113 Å². The molecular formula is C28H17NO2S. The molecule has 0 spiro atoms. The monoisotopic (exact) mass is 431 g/mol. The van der Waals surface area contributed by atoms with E-state index in [1.54, 1.807) is 24.3 Å². The summed E-state index contributed by atoms with van der Waals surface area (Å²) in [5, 5.41) is 7.27. The predicted molar refractivity (Wildman–Crippen MR) is 130 cm³/mol. The summed E-state index contributed by atoms with van der Waals surface area (Å²) in [6, 6.07) is 33.9. The number of benzene rings is 6. The molecule has 0 unspecified atom stereocenters. The van der Waals surface area contributed by atoms with E-state index in [4.69, 9.17) is 0 Å². The molecule has 0 amide bonds. The fourth-order valence-electron chi connectivity index (χ4n) is 5.13. The van der Waals surface area contributed by atoms with Gasteiger partial charge in [0.15, 0.2) is 0 Å². The third kappa shape index (κ3) is 2.22. The Morgan fingerprint density at radius 2 is 0.969 bits per heavy atom. The van der Waals surface area contributed by atoms with E-state index in [1.807, 2.05) is 24.3 Å². The number of para-hydroxylation sites is 2. The molecule has 0 fully saturated rings. The van der Waals surface area contributed by atoms with E-state index in [0.29, 0.717) is 21.2 Å². The molecule has 0 saturated heterocycles. The van der Waals surface area contributed by atoms with Gasteiger partial charge in [-0.2, -0.15) is 0 Å². The van der Waals surface area contributed by atoms with Crippen molar-refractivity contribution in [2.24, 2.45) is 0 Å². The first-order valence-electron chi connectivity index (χ1n) is 10.5. The highest BCUT2D eigenvalue weighted by atomic mass is 32.2. The lowest BCUT2D eigenvalue weighted by atomic mass is 9.93. The summed E-state index contributed by atoms with van der Waals surface area (Å²) < 4.78 is 26.6. The first-order chi connectivity index (χ1) is 15.6. The van der Waals surface area contributed by atoms with Crippen molar-refractivity contribution in [3.05, 3.63) is 103 Å². The van der Waals surface area contributed by atoms with Crippen LogP contribution in [0.1, 0.15) is 0 Å². The molecule has 152 valence electrons. The Bertz CT molecular complexity index is 1690. The molecule has 0 saturated carbocycles. The van der Waals surface area contributed by atoms with Crippen LogP contribution in [-0.2, 0) is 9.84 Å². The van der Waals surface area contributed by atoms with Crippen molar-refractivity contribution >= 4 is 59.2 Å². The molecule has 7 rings (SSSR count). The van der Waals surface area contributed by atoms with Crippen LogP contribution in [0.25, 0.3) is 32.3 Å². The Labute approximate surface area is 185 Å². The standard InChI is InChI=1S/C28H17NO2S/c30-32(31)25-10-3-1-8-23(25)29(24-9-2-4-11-26(24)32)22-16-20-14-12-18-6-5-7-19-13-15-21(17-22)28(20)27(18)19/h1-17H. The van der Waals surface area contributed by atoms with Gasteiger partial charge < -0.3 is 4.90 Å². The second-order valence-electron chi connectivity index (χ2n) is 8.25. The summed E-state index contributed by atoms with van der Waals surface area (Å²) in [4.78, 5) is 2.74. The maximum absolute atomic E-state index is 13.3. The van der Waals surface area contributed by atoms with Gasteiger partial charge >= 0.3 is 0 Å². The molecule has 0 aliphatic carbocycles. The van der Waals surface area contributed by atoms with E-state index in [2.05, 4.69) is 59.5 Å². The average molecular weight is 432 g/mol. The molecule has 1 aliphatic heterocycles. The highest BCUT2D eigenvalue weighted by molar-refractivity contribution is 7.92. The molecule has 32 heavy (non-hydrogen) atoms. The maximum Gasteiger partial charge on any atom is 0.210 e. The first kappa shape index (κ1) is 17.8. The summed E-state index contributed by atoms with van der Waals surface area (Å²) in [6.45, 7) is 0. The van der Waals surface area contributed by atoms with E-state index in [0.717, 1.165) is 16.5 Å². The number of rotatable bonds is 1. The van der Waals surface area contributed by atoms with Crippen molar-refractivity contribution in [3.63, 3.8) is 0 Å². The minimum atomic E-state index is -3.58. The second kappa shape index (κ2) is 6.09. The Kier molecular flexibility index (Phi) is 3.38. The third-order valence-electron chi connectivity index (χ3n) is 6.50. The van der Waals surface area contributed by atoms with Crippen molar-refractivity contribution in [3.8, 4) is 0 Å². The molecular weight excluding hydrogens is 414 g/mol. The lowest BCUT2D eigenvalue weighted by molar-refractivity contribution is 0.595. The highest BCUT2D eigenvalue weighted by Gasteiger charge is 2.34. The van der Waals surface area contributed by atoms with Crippen LogP contribution in [0.5, 0.6) is 0 Å². The fourth-order valence-corrected chi connectivity index (χ4v) is 6.75. The van der Waals surface area contributed by atoms with Crippen molar-refractivity contribution < 1.29 is 8.42 Å². The van der Waals surface area contributed by atoms with Crippen molar-refractivity contribution in [2.45, 2.75) is 9.79 Å². The topological polar surface area (TPSA) is 37.4 Å². The number of nitrogens with zero attached hydrogens (tertiary/aromatic N) is 1. The van der Waals surface area contributed by atoms with Crippen LogP contribution >= 0.6 is 0 Å². The van der Waals surface area contributed by atoms with Gasteiger partial charge in [0, 0.05) is 5.69 Å². The van der Waals surface area contributed by atoms with Crippen LogP contribution in [0.2, 0.25) is 0 Å². The smallest absolute Gasteiger partial charge is 0.210 e. The average Bonchev–Trinajstić information content (AvgIpc) is 2.83. The molecule has 0 aromatic heterocycles.